The van der Waals surface area contributed by atoms with Gasteiger partial charge in [0.2, 0.25) is 10.0 Å². The van der Waals surface area contributed by atoms with E-state index in [0.717, 1.165) is 25.1 Å². The van der Waals surface area contributed by atoms with Crippen LogP contribution < -0.4 is 4.72 Å². The van der Waals surface area contributed by atoms with Gasteiger partial charge in [-0.3, -0.25) is 4.90 Å². The number of hydrogen-bond donors (Lipinski definition) is 1. The van der Waals surface area contributed by atoms with Crippen molar-refractivity contribution in [2.45, 2.75) is 42.7 Å². The standard InChI is InChI=1S/C18H25ClN2O4S/c19-14-3-1-13(2-4-14)18-11-21-10-15(9-16(21)12-25-18)20-26(22,23)17-5-7-24-8-6-17/h1-4,15-18,20H,5-12H2/t15-,16-,18+/m0/s1. The topological polar surface area (TPSA) is 67.9 Å². The van der Waals surface area contributed by atoms with Crippen molar-refractivity contribution in [1.82, 2.24) is 9.62 Å². The molecule has 1 N–H and O–H groups in total. The van der Waals surface area contributed by atoms with E-state index >= 15 is 0 Å². The Bertz CT molecular complexity index is 721. The first kappa shape index (κ1) is 18.7. The molecule has 0 aromatic heterocycles. The lowest BCUT2D eigenvalue weighted by atomic mass is 10.1. The van der Waals surface area contributed by atoms with E-state index in [2.05, 4.69) is 9.62 Å². The van der Waals surface area contributed by atoms with Crippen LogP contribution in [0.5, 0.6) is 0 Å². The zero-order chi connectivity index (χ0) is 18.1. The van der Waals surface area contributed by atoms with Crippen molar-refractivity contribution in [3.05, 3.63) is 34.9 Å². The summed E-state index contributed by atoms with van der Waals surface area (Å²) in [6, 6.07) is 7.98. The van der Waals surface area contributed by atoms with Crippen LogP contribution in [-0.2, 0) is 19.5 Å². The van der Waals surface area contributed by atoms with Crippen molar-refractivity contribution in [3.8, 4) is 0 Å². The fourth-order valence-corrected chi connectivity index (χ4v) is 5.92. The average Bonchev–Trinajstić information content (AvgIpc) is 3.03. The summed E-state index contributed by atoms with van der Waals surface area (Å²) in [6.45, 7) is 3.20. The molecule has 144 valence electrons. The maximum Gasteiger partial charge on any atom is 0.214 e. The molecule has 4 rings (SSSR count). The number of nitrogens with zero attached hydrogens (tertiary/aromatic N) is 1. The minimum atomic E-state index is -3.29. The molecule has 3 aliphatic rings. The minimum absolute atomic E-state index is 0.00867. The first-order valence-corrected chi connectivity index (χ1v) is 11.1. The minimum Gasteiger partial charge on any atom is -0.381 e. The molecule has 3 aliphatic heterocycles. The van der Waals surface area contributed by atoms with Crippen molar-refractivity contribution in [3.63, 3.8) is 0 Å². The number of sulfonamides is 1. The van der Waals surface area contributed by atoms with Gasteiger partial charge in [-0.05, 0) is 37.0 Å². The predicted molar refractivity (Wildman–Crippen MR) is 99.8 cm³/mol. The molecular weight excluding hydrogens is 376 g/mol. The van der Waals surface area contributed by atoms with E-state index in [0.29, 0.717) is 37.7 Å². The van der Waals surface area contributed by atoms with E-state index in [1.807, 2.05) is 24.3 Å². The lowest BCUT2D eigenvalue weighted by molar-refractivity contribution is -0.0502. The molecule has 3 heterocycles. The molecule has 1 aromatic carbocycles. The Balaban J connectivity index is 1.36. The summed E-state index contributed by atoms with van der Waals surface area (Å²) in [6.07, 6.45) is 1.97. The molecule has 6 nitrogen and oxygen atoms in total. The highest BCUT2D eigenvalue weighted by molar-refractivity contribution is 7.90. The van der Waals surface area contributed by atoms with Crippen LogP contribution in [0.4, 0.5) is 0 Å². The number of halogens is 1. The molecule has 0 unspecified atom stereocenters. The molecule has 0 amide bonds. The van der Waals surface area contributed by atoms with Gasteiger partial charge >= 0.3 is 0 Å². The molecule has 0 saturated carbocycles. The molecule has 0 spiro atoms. The van der Waals surface area contributed by atoms with Gasteiger partial charge < -0.3 is 9.47 Å². The van der Waals surface area contributed by atoms with Crippen molar-refractivity contribution >= 4 is 21.6 Å². The Labute approximate surface area is 159 Å². The summed E-state index contributed by atoms with van der Waals surface area (Å²) < 4.78 is 39.5. The molecule has 0 aliphatic carbocycles. The van der Waals surface area contributed by atoms with Gasteiger partial charge in [0, 0.05) is 43.4 Å². The number of benzene rings is 1. The Kier molecular flexibility index (Phi) is 5.55. The van der Waals surface area contributed by atoms with Crippen molar-refractivity contribution in [2.24, 2.45) is 0 Å². The summed E-state index contributed by atoms with van der Waals surface area (Å²) >= 11 is 5.96. The summed E-state index contributed by atoms with van der Waals surface area (Å²) in [5.41, 5.74) is 1.11. The van der Waals surface area contributed by atoms with Crippen LogP contribution in [-0.4, -0.2) is 63.6 Å². The third kappa shape index (κ3) is 4.08. The molecule has 8 heteroatoms. The third-order valence-corrected chi connectivity index (χ3v) is 7.86. The van der Waals surface area contributed by atoms with Crippen molar-refractivity contribution < 1.29 is 17.9 Å². The van der Waals surface area contributed by atoms with Gasteiger partial charge in [0.25, 0.3) is 0 Å². The molecule has 0 radical (unpaired) electrons. The summed E-state index contributed by atoms with van der Waals surface area (Å²) in [4.78, 5) is 2.35. The van der Waals surface area contributed by atoms with Crippen molar-refractivity contribution in [2.75, 3.05) is 32.9 Å². The molecule has 0 bridgehead atoms. The van der Waals surface area contributed by atoms with Crippen LogP contribution in [0.15, 0.2) is 24.3 Å². The number of nitrogens with one attached hydrogen (secondary N) is 1. The highest BCUT2D eigenvalue weighted by atomic mass is 35.5. The summed E-state index contributed by atoms with van der Waals surface area (Å²) in [7, 11) is -3.29. The molecule has 3 atom stereocenters. The highest BCUT2D eigenvalue weighted by Gasteiger charge is 2.40. The Morgan fingerprint density at radius 2 is 1.85 bits per heavy atom. The van der Waals surface area contributed by atoms with E-state index in [-0.39, 0.29) is 23.4 Å². The monoisotopic (exact) mass is 400 g/mol. The van der Waals surface area contributed by atoms with Crippen LogP contribution in [0.25, 0.3) is 0 Å². The van der Waals surface area contributed by atoms with Crippen LogP contribution in [0, 0.1) is 0 Å². The van der Waals surface area contributed by atoms with Gasteiger partial charge in [-0.25, -0.2) is 13.1 Å². The number of rotatable bonds is 4. The smallest absolute Gasteiger partial charge is 0.214 e. The molecule has 3 fully saturated rings. The first-order chi connectivity index (χ1) is 12.5. The van der Waals surface area contributed by atoms with E-state index in [1.165, 1.54) is 0 Å². The maximum absolute atomic E-state index is 12.6. The number of hydrogen-bond acceptors (Lipinski definition) is 5. The Hall–Kier alpha value is -0.700. The zero-order valence-corrected chi connectivity index (χ0v) is 16.2. The average molecular weight is 401 g/mol. The number of fused-ring (bicyclic) bond motifs is 1. The van der Waals surface area contributed by atoms with Gasteiger partial charge in [-0.2, -0.15) is 0 Å². The van der Waals surface area contributed by atoms with Crippen LogP contribution in [0.3, 0.4) is 0 Å². The van der Waals surface area contributed by atoms with E-state index in [4.69, 9.17) is 21.1 Å². The molecule has 26 heavy (non-hydrogen) atoms. The number of ether oxygens (including phenoxy) is 2. The fourth-order valence-electron chi connectivity index (χ4n) is 4.15. The maximum atomic E-state index is 12.6. The summed E-state index contributed by atoms with van der Waals surface area (Å²) in [5.74, 6) is 0. The largest absolute Gasteiger partial charge is 0.381 e. The van der Waals surface area contributed by atoms with Gasteiger partial charge in [0.15, 0.2) is 0 Å². The lowest BCUT2D eigenvalue weighted by Crippen LogP contribution is -2.45. The normalized spacial score (nSPS) is 31.0. The van der Waals surface area contributed by atoms with Gasteiger partial charge in [0.05, 0.1) is 18.0 Å². The Morgan fingerprint density at radius 1 is 1.12 bits per heavy atom. The quantitative estimate of drug-likeness (QED) is 0.836. The van der Waals surface area contributed by atoms with E-state index < -0.39 is 10.0 Å². The third-order valence-electron chi connectivity index (χ3n) is 5.60. The first-order valence-electron chi connectivity index (χ1n) is 9.21. The van der Waals surface area contributed by atoms with Crippen LogP contribution in [0.2, 0.25) is 5.02 Å². The van der Waals surface area contributed by atoms with Crippen LogP contribution in [0.1, 0.15) is 30.9 Å². The summed E-state index contributed by atoms with van der Waals surface area (Å²) in [5, 5.41) is 0.387. The van der Waals surface area contributed by atoms with E-state index in [9.17, 15) is 8.42 Å². The molecule has 1 aromatic rings. The fraction of sp³-hybridized carbons (Fsp3) is 0.667. The van der Waals surface area contributed by atoms with Gasteiger partial charge in [-0.15, -0.1) is 0 Å². The van der Waals surface area contributed by atoms with Crippen LogP contribution >= 0.6 is 11.6 Å². The second kappa shape index (κ2) is 7.73. The molecular formula is C18H25ClN2O4S. The Morgan fingerprint density at radius 3 is 2.58 bits per heavy atom. The van der Waals surface area contributed by atoms with E-state index in [1.54, 1.807) is 0 Å². The zero-order valence-electron chi connectivity index (χ0n) is 14.6. The second-order valence-corrected chi connectivity index (χ2v) is 9.82. The van der Waals surface area contributed by atoms with Gasteiger partial charge in [-0.1, -0.05) is 23.7 Å². The number of morpholine rings is 1. The second-order valence-electron chi connectivity index (χ2n) is 7.39. The molecule has 3 saturated heterocycles. The SMILES string of the molecule is O=S(=O)(N[C@H]1C[C@H]2CO[C@@H](c3ccc(Cl)cc3)CN2C1)C1CCOCC1. The highest BCUT2D eigenvalue weighted by Crippen LogP contribution is 2.31. The predicted octanol–water partition coefficient (Wildman–Crippen LogP) is 1.95. The lowest BCUT2D eigenvalue weighted by Gasteiger charge is -2.35. The van der Waals surface area contributed by atoms with Gasteiger partial charge in [0.1, 0.15) is 0 Å². The van der Waals surface area contributed by atoms with Crippen molar-refractivity contribution in [1.29, 1.82) is 0 Å².